The van der Waals surface area contributed by atoms with Crippen molar-refractivity contribution in [3.8, 4) is 0 Å². The van der Waals surface area contributed by atoms with Gasteiger partial charge in [-0.1, -0.05) is 6.92 Å². The third kappa shape index (κ3) is 3.34. The lowest BCUT2D eigenvalue weighted by molar-refractivity contribution is -0.139. The summed E-state index contributed by atoms with van der Waals surface area (Å²) in [5, 5.41) is 2.47. The lowest BCUT2D eigenvalue weighted by Gasteiger charge is -2.01. The highest BCUT2D eigenvalue weighted by Crippen LogP contribution is 2.16. The highest BCUT2D eigenvalue weighted by molar-refractivity contribution is 7.11. The number of aryl methyl sites for hydroxylation is 1. The summed E-state index contributed by atoms with van der Waals surface area (Å²) in [5.74, 6) is 3.26. The van der Waals surface area contributed by atoms with Crippen molar-refractivity contribution in [3.63, 3.8) is 0 Å². The highest BCUT2D eigenvalue weighted by atomic mass is 32.1. The summed E-state index contributed by atoms with van der Waals surface area (Å²) in [6, 6.07) is 3.94. The predicted molar refractivity (Wildman–Crippen MR) is 57.9 cm³/mol. The molecule has 0 aliphatic rings. The molecule has 0 bridgehead atoms. The van der Waals surface area contributed by atoms with Gasteiger partial charge in [-0.2, -0.15) is 0 Å². The molecule has 1 aromatic heterocycles. The molecule has 0 atom stereocenters. The molecule has 15 heavy (non-hydrogen) atoms. The molecule has 0 aliphatic heterocycles. The Balaban J connectivity index is 2.43. The third-order valence-corrected chi connectivity index (χ3v) is 3.06. The minimum absolute atomic E-state index is 0.358. The van der Waals surface area contributed by atoms with Gasteiger partial charge in [0.1, 0.15) is 0 Å². The first-order valence-corrected chi connectivity index (χ1v) is 5.35. The summed E-state index contributed by atoms with van der Waals surface area (Å²) in [5.41, 5.74) is 1.77. The van der Waals surface area contributed by atoms with Crippen LogP contribution in [0, 0.1) is 0 Å². The van der Waals surface area contributed by atoms with E-state index in [1.54, 1.807) is 16.8 Å². The van der Waals surface area contributed by atoms with Gasteiger partial charge in [0.2, 0.25) is 0 Å². The average Bonchev–Trinajstić information content (AvgIpc) is 2.72. The van der Waals surface area contributed by atoms with Gasteiger partial charge in [-0.3, -0.25) is 15.0 Å². The number of hydrogen-bond acceptors (Lipinski definition) is 4. The van der Waals surface area contributed by atoms with E-state index in [2.05, 4.69) is 12.2 Å². The van der Waals surface area contributed by atoms with E-state index < -0.39 is 11.8 Å². The zero-order valence-corrected chi connectivity index (χ0v) is 9.19. The molecule has 0 radical (unpaired) electrons. The normalized spacial score (nSPS) is 9.73. The molecule has 82 valence electrons. The summed E-state index contributed by atoms with van der Waals surface area (Å²) in [7, 11) is 0. The van der Waals surface area contributed by atoms with Crippen LogP contribution in [0.3, 0.4) is 0 Å². The first kappa shape index (κ1) is 11.7. The fourth-order valence-electron chi connectivity index (χ4n) is 1.02. The molecule has 1 aromatic rings. The van der Waals surface area contributed by atoms with E-state index >= 15 is 0 Å². The Kier molecular flexibility index (Phi) is 4.26. The third-order valence-electron chi connectivity index (χ3n) is 1.83. The van der Waals surface area contributed by atoms with Crippen LogP contribution in [-0.4, -0.2) is 11.8 Å². The summed E-state index contributed by atoms with van der Waals surface area (Å²) in [6.07, 6.45) is 0.974. The maximum absolute atomic E-state index is 11.0. The summed E-state index contributed by atoms with van der Waals surface area (Å²) in [6.45, 7) is 2.42. The van der Waals surface area contributed by atoms with Crippen LogP contribution < -0.4 is 16.6 Å². The second-order valence-electron chi connectivity index (χ2n) is 2.88. The van der Waals surface area contributed by atoms with Crippen molar-refractivity contribution in [1.82, 2.24) is 10.7 Å². The first-order chi connectivity index (χ1) is 7.17. The van der Waals surface area contributed by atoms with Gasteiger partial charge >= 0.3 is 11.8 Å². The zero-order valence-electron chi connectivity index (χ0n) is 8.37. The predicted octanol–water partition coefficient (Wildman–Crippen LogP) is -0.0834. The van der Waals surface area contributed by atoms with Gasteiger partial charge in [0.25, 0.3) is 0 Å². The fourth-order valence-corrected chi connectivity index (χ4v) is 1.92. The molecular formula is C9H13N3O2S. The van der Waals surface area contributed by atoms with Crippen LogP contribution in [0.2, 0.25) is 0 Å². The van der Waals surface area contributed by atoms with E-state index in [0.29, 0.717) is 6.54 Å². The second-order valence-corrected chi connectivity index (χ2v) is 4.13. The van der Waals surface area contributed by atoms with Crippen molar-refractivity contribution >= 4 is 23.2 Å². The molecule has 1 rings (SSSR count). The molecule has 5 nitrogen and oxygen atoms in total. The van der Waals surface area contributed by atoms with E-state index in [-0.39, 0.29) is 0 Å². The number of hydrogen-bond donors (Lipinski definition) is 3. The lowest BCUT2D eigenvalue weighted by atomic mass is 10.3. The van der Waals surface area contributed by atoms with Crippen molar-refractivity contribution in [2.75, 3.05) is 0 Å². The number of carbonyl (C=O) groups excluding carboxylic acids is 2. The molecule has 6 heteroatoms. The van der Waals surface area contributed by atoms with Crippen LogP contribution in [0.25, 0.3) is 0 Å². The molecule has 2 amide bonds. The summed E-state index contributed by atoms with van der Waals surface area (Å²) in [4.78, 5) is 24.0. The van der Waals surface area contributed by atoms with Gasteiger partial charge in [-0.25, -0.2) is 5.84 Å². The van der Waals surface area contributed by atoms with Crippen molar-refractivity contribution in [1.29, 1.82) is 0 Å². The molecule has 4 N–H and O–H groups in total. The van der Waals surface area contributed by atoms with Crippen LogP contribution in [0.15, 0.2) is 12.1 Å². The number of thiophene rings is 1. The Morgan fingerprint density at radius 2 is 2.00 bits per heavy atom. The molecule has 0 unspecified atom stereocenters. The van der Waals surface area contributed by atoms with E-state index in [1.807, 2.05) is 12.1 Å². The second kappa shape index (κ2) is 5.47. The van der Waals surface area contributed by atoms with Crippen molar-refractivity contribution < 1.29 is 9.59 Å². The van der Waals surface area contributed by atoms with Crippen LogP contribution in [0.1, 0.15) is 16.7 Å². The van der Waals surface area contributed by atoms with Crippen LogP contribution >= 0.6 is 11.3 Å². The number of rotatable bonds is 3. The molecule has 1 heterocycles. The van der Waals surface area contributed by atoms with Crippen molar-refractivity contribution in [2.24, 2.45) is 5.84 Å². The Labute approximate surface area is 91.6 Å². The van der Waals surface area contributed by atoms with Gasteiger partial charge < -0.3 is 5.32 Å². The Bertz CT molecular complexity index is 362. The minimum Gasteiger partial charge on any atom is -0.343 e. The maximum atomic E-state index is 11.0. The largest absolute Gasteiger partial charge is 0.343 e. The van der Waals surface area contributed by atoms with Gasteiger partial charge in [0.05, 0.1) is 6.54 Å². The van der Waals surface area contributed by atoms with Gasteiger partial charge in [-0.15, -0.1) is 11.3 Å². The van der Waals surface area contributed by atoms with E-state index in [0.717, 1.165) is 11.3 Å². The smallest absolute Gasteiger partial charge is 0.323 e. The van der Waals surface area contributed by atoms with Crippen LogP contribution in [0.5, 0.6) is 0 Å². The van der Waals surface area contributed by atoms with Crippen LogP contribution in [0.4, 0.5) is 0 Å². The van der Waals surface area contributed by atoms with Gasteiger partial charge in [0, 0.05) is 9.75 Å². The summed E-state index contributed by atoms with van der Waals surface area (Å²) >= 11 is 1.62. The van der Waals surface area contributed by atoms with Crippen LogP contribution in [-0.2, 0) is 22.6 Å². The standard InChI is InChI=1S/C9H13N3O2S/c1-2-6-3-4-7(15-6)5-11-8(13)9(14)12-10/h3-4H,2,5,10H2,1H3,(H,11,13)(H,12,14). The molecule has 0 saturated carbocycles. The van der Waals surface area contributed by atoms with Gasteiger partial charge in [-0.05, 0) is 18.6 Å². The lowest BCUT2D eigenvalue weighted by Crippen LogP contribution is -2.42. The Morgan fingerprint density at radius 3 is 2.53 bits per heavy atom. The number of nitrogens with two attached hydrogens (primary N) is 1. The average molecular weight is 227 g/mol. The zero-order chi connectivity index (χ0) is 11.3. The Morgan fingerprint density at radius 1 is 1.33 bits per heavy atom. The highest BCUT2D eigenvalue weighted by Gasteiger charge is 2.10. The summed E-state index contributed by atoms with van der Waals surface area (Å²) < 4.78 is 0. The molecular weight excluding hydrogens is 214 g/mol. The monoisotopic (exact) mass is 227 g/mol. The van der Waals surface area contributed by atoms with E-state index in [9.17, 15) is 9.59 Å². The van der Waals surface area contributed by atoms with Gasteiger partial charge in [0.15, 0.2) is 0 Å². The molecule has 0 aromatic carbocycles. The number of hydrazine groups is 1. The molecule has 0 spiro atoms. The number of nitrogens with one attached hydrogen (secondary N) is 2. The molecule has 0 aliphatic carbocycles. The molecule has 0 fully saturated rings. The quantitative estimate of drug-likeness (QED) is 0.292. The van der Waals surface area contributed by atoms with E-state index in [1.165, 1.54) is 4.88 Å². The van der Waals surface area contributed by atoms with Crippen molar-refractivity contribution in [2.45, 2.75) is 19.9 Å². The molecule has 0 saturated heterocycles. The topological polar surface area (TPSA) is 84.2 Å². The fraction of sp³-hybridized carbons (Fsp3) is 0.333. The maximum Gasteiger partial charge on any atom is 0.323 e. The Hall–Kier alpha value is -1.40. The number of carbonyl (C=O) groups is 2. The minimum atomic E-state index is -0.831. The SMILES string of the molecule is CCc1ccc(CNC(=O)C(=O)NN)s1. The number of amides is 2. The van der Waals surface area contributed by atoms with Crippen molar-refractivity contribution in [3.05, 3.63) is 21.9 Å². The van der Waals surface area contributed by atoms with E-state index in [4.69, 9.17) is 5.84 Å². The first-order valence-electron chi connectivity index (χ1n) is 4.53.